The second-order valence-electron chi connectivity index (χ2n) is 4.07. The predicted octanol–water partition coefficient (Wildman–Crippen LogP) is 2.92. The maximum atomic E-state index is 3.93. The molecule has 0 amide bonds. The van der Waals surface area contributed by atoms with Crippen molar-refractivity contribution in [3.8, 4) is 0 Å². The predicted molar refractivity (Wildman–Crippen MR) is 57.7 cm³/mol. The molecular formula is C12H17NW. The molecule has 0 radical (unpaired) electrons. The number of hydrogen-bond donors (Lipinski definition) is 0. The minimum absolute atomic E-state index is 0. The van der Waals surface area contributed by atoms with E-state index in [9.17, 15) is 0 Å². The van der Waals surface area contributed by atoms with Crippen molar-refractivity contribution in [1.29, 1.82) is 0 Å². The Hall–Kier alpha value is -0.292. The summed E-state index contributed by atoms with van der Waals surface area (Å²) in [5, 5.41) is 0. The second kappa shape index (κ2) is 5.56. The van der Waals surface area contributed by atoms with E-state index < -0.39 is 0 Å². The molecule has 14 heavy (non-hydrogen) atoms. The van der Waals surface area contributed by atoms with Crippen LogP contribution in [0.2, 0.25) is 0 Å². The summed E-state index contributed by atoms with van der Waals surface area (Å²) < 4.78 is 0. The fraction of sp³-hybridized carbons (Fsp3) is 0.417. The van der Waals surface area contributed by atoms with Crippen molar-refractivity contribution in [3.05, 3.63) is 37.3 Å². The average Bonchev–Trinajstić information content (AvgIpc) is 2.05. The molecule has 0 aliphatic rings. The first-order chi connectivity index (χ1) is 6.05. The summed E-state index contributed by atoms with van der Waals surface area (Å²) in [6.07, 6.45) is 0. The molecular weight excluding hydrogens is 342 g/mol. The molecule has 0 saturated heterocycles. The maximum absolute atomic E-state index is 3.93. The summed E-state index contributed by atoms with van der Waals surface area (Å²) in [6.45, 7) is 11.2. The quantitative estimate of drug-likeness (QED) is 0.735. The molecule has 0 heterocycles. The Bertz CT molecular complexity index is 251. The minimum Gasteiger partial charge on any atom is -0.418 e. The first-order valence-electron chi connectivity index (χ1n) is 4.59. The van der Waals surface area contributed by atoms with E-state index in [1.165, 1.54) is 0 Å². The van der Waals surface area contributed by atoms with Crippen LogP contribution in [-0.4, -0.2) is 12.1 Å². The Balaban J connectivity index is 0.00000169. The molecule has 0 aromatic heterocycles. The van der Waals surface area contributed by atoms with Gasteiger partial charge in [-0.2, -0.15) is 24.3 Å². The first-order valence-corrected chi connectivity index (χ1v) is 4.59. The molecule has 0 aliphatic heterocycles. The summed E-state index contributed by atoms with van der Waals surface area (Å²) in [7, 11) is 0. The molecule has 0 saturated carbocycles. The first kappa shape index (κ1) is 13.7. The molecule has 76 valence electrons. The number of benzene rings is 1. The average molecular weight is 359 g/mol. The van der Waals surface area contributed by atoms with Gasteiger partial charge in [0.15, 0.2) is 0 Å². The van der Waals surface area contributed by atoms with E-state index in [-0.39, 0.29) is 26.6 Å². The van der Waals surface area contributed by atoms with Crippen LogP contribution < -0.4 is 4.90 Å². The van der Waals surface area contributed by atoms with Crippen LogP contribution in [0.3, 0.4) is 0 Å². The van der Waals surface area contributed by atoms with Crippen molar-refractivity contribution >= 4 is 5.69 Å². The summed E-state index contributed by atoms with van der Waals surface area (Å²) in [5.74, 6) is 0. The van der Waals surface area contributed by atoms with Gasteiger partial charge in [0.25, 0.3) is 0 Å². The van der Waals surface area contributed by atoms with Crippen LogP contribution in [0.15, 0.2) is 24.3 Å². The van der Waals surface area contributed by atoms with Gasteiger partial charge in [-0.25, -0.2) is 0 Å². The van der Waals surface area contributed by atoms with Crippen LogP contribution in [0.4, 0.5) is 5.69 Å². The van der Waals surface area contributed by atoms with Crippen molar-refractivity contribution in [2.24, 2.45) is 0 Å². The van der Waals surface area contributed by atoms with E-state index in [0.29, 0.717) is 0 Å². The Morgan fingerprint density at radius 2 is 2.00 bits per heavy atom. The molecule has 0 N–H and O–H groups in total. The van der Waals surface area contributed by atoms with E-state index in [2.05, 4.69) is 44.7 Å². The Morgan fingerprint density at radius 1 is 1.36 bits per heavy atom. The molecule has 0 spiro atoms. The van der Waals surface area contributed by atoms with E-state index in [0.717, 1.165) is 12.2 Å². The largest absolute Gasteiger partial charge is 2.00 e. The van der Waals surface area contributed by atoms with Gasteiger partial charge < -0.3 is 11.8 Å². The van der Waals surface area contributed by atoms with Gasteiger partial charge in [-0.3, -0.25) is 0 Å². The summed E-state index contributed by atoms with van der Waals surface area (Å²) in [6, 6.07) is 11.2. The van der Waals surface area contributed by atoms with Gasteiger partial charge in [0.05, 0.1) is 0 Å². The van der Waals surface area contributed by atoms with Gasteiger partial charge >= 0.3 is 21.1 Å². The monoisotopic (exact) mass is 359 g/mol. The topological polar surface area (TPSA) is 3.24 Å². The third kappa shape index (κ3) is 3.46. The third-order valence-corrected chi connectivity index (χ3v) is 2.02. The Kier molecular flexibility index (Phi) is 5.44. The number of para-hydroxylation sites is 1. The van der Waals surface area contributed by atoms with Crippen LogP contribution in [0, 0.1) is 13.0 Å². The normalized spacial score (nSPS) is 10.6. The minimum atomic E-state index is 0. The number of nitrogens with zero attached hydrogens (tertiary/aromatic N) is 1. The van der Waals surface area contributed by atoms with Crippen LogP contribution >= 0.6 is 0 Å². The fourth-order valence-electron chi connectivity index (χ4n) is 1.37. The number of rotatable bonds is 2. The number of anilines is 1. The zero-order valence-electron chi connectivity index (χ0n) is 9.08. The van der Waals surface area contributed by atoms with Crippen LogP contribution in [-0.2, 0) is 21.1 Å². The van der Waals surface area contributed by atoms with E-state index in [1.807, 2.05) is 18.2 Å². The standard InChI is InChI=1S/C12H17N.W/c1-5-13(12(2,3)4)11-9-7-6-8-10-11;/h6-9H,1,5H2,2-4H3;/q-2;+2. The molecule has 1 nitrogen and oxygen atoms in total. The van der Waals surface area contributed by atoms with Crippen molar-refractivity contribution in [2.75, 3.05) is 11.4 Å². The van der Waals surface area contributed by atoms with Crippen LogP contribution in [0.25, 0.3) is 0 Å². The Morgan fingerprint density at radius 3 is 2.36 bits per heavy atom. The molecule has 0 atom stereocenters. The molecule has 0 fully saturated rings. The van der Waals surface area contributed by atoms with E-state index >= 15 is 0 Å². The van der Waals surface area contributed by atoms with Crippen molar-refractivity contribution < 1.29 is 21.1 Å². The van der Waals surface area contributed by atoms with Gasteiger partial charge in [-0.05, 0) is 20.8 Å². The fourth-order valence-corrected chi connectivity index (χ4v) is 1.37. The van der Waals surface area contributed by atoms with E-state index in [4.69, 9.17) is 0 Å². The van der Waals surface area contributed by atoms with Gasteiger partial charge in [0, 0.05) is 5.54 Å². The smallest absolute Gasteiger partial charge is 0.418 e. The van der Waals surface area contributed by atoms with Gasteiger partial charge in [-0.15, -0.1) is 12.6 Å². The van der Waals surface area contributed by atoms with Crippen LogP contribution in [0.5, 0.6) is 0 Å². The second-order valence-corrected chi connectivity index (χ2v) is 4.07. The number of hydrogen-bond acceptors (Lipinski definition) is 1. The molecule has 1 aromatic carbocycles. The molecule has 1 aromatic rings. The molecule has 1 rings (SSSR count). The zero-order valence-corrected chi connectivity index (χ0v) is 12.0. The van der Waals surface area contributed by atoms with Crippen molar-refractivity contribution in [3.63, 3.8) is 0 Å². The molecule has 2 heteroatoms. The Labute approximate surface area is 102 Å². The maximum Gasteiger partial charge on any atom is 2.00 e. The summed E-state index contributed by atoms with van der Waals surface area (Å²) in [4.78, 5) is 2.23. The summed E-state index contributed by atoms with van der Waals surface area (Å²) >= 11 is 0. The van der Waals surface area contributed by atoms with E-state index in [1.54, 1.807) is 0 Å². The summed E-state index contributed by atoms with van der Waals surface area (Å²) in [5.41, 5.74) is 1.23. The van der Waals surface area contributed by atoms with Crippen molar-refractivity contribution in [2.45, 2.75) is 26.3 Å². The zero-order chi connectivity index (χ0) is 9.90. The van der Waals surface area contributed by atoms with Gasteiger partial charge in [0.2, 0.25) is 0 Å². The van der Waals surface area contributed by atoms with Crippen LogP contribution in [0.1, 0.15) is 20.8 Å². The molecule has 0 bridgehead atoms. The third-order valence-electron chi connectivity index (χ3n) is 2.02. The van der Waals surface area contributed by atoms with Gasteiger partial charge in [0.1, 0.15) is 0 Å². The van der Waals surface area contributed by atoms with Crippen molar-refractivity contribution in [1.82, 2.24) is 0 Å². The molecule has 0 aliphatic carbocycles. The molecule has 0 unspecified atom stereocenters. The van der Waals surface area contributed by atoms with Gasteiger partial charge in [-0.1, -0.05) is 5.69 Å². The SMILES string of the molecule is [CH2-]CN(c1[c-]cccc1)C(C)(C)C.[W+2].